The number of rotatable bonds is 7. The first-order valence-electron chi connectivity index (χ1n) is 8.07. The summed E-state index contributed by atoms with van der Waals surface area (Å²) in [6.45, 7) is 7.07. The van der Waals surface area contributed by atoms with Gasteiger partial charge in [-0.25, -0.2) is 4.98 Å². The molecule has 1 N–H and O–H groups in total. The SMILES string of the molecule is COCCn1cnnc1CN(C)Cc1nc2c(C)c(C)ccc2[nH]1. The van der Waals surface area contributed by atoms with Gasteiger partial charge in [-0.05, 0) is 38.1 Å². The van der Waals surface area contributed by atoms with Gasteiger partial charge in [0, 0.05) is 13.7 Å². The summed E-state index contributed by atoms with van der Waals surface area (Å²) in [6.07, 6.45) is 1.75. The molecule has 0 aliphatic heterocycles. The van der Waals surface area contributed by atoms with E-state index in [1.807, 2.05) is 4.57 Å². The third-order valence-corrected chi connectivity index (χ3v) is 4.29. The van der Waals surface area contributed by atoms with Crippen molar-refractivity contribution < 1.29 is 4.74 Å². The molecule has 2 heterocycles. The molecule has 7 heteroatoms. The number of aromatic amines is 1. The number of nitrogens with one attached hydrogen (secondary N) is 1. The molecule has 0 saturated carbocycles. The summed E-state index contributed by atoms with van der Waals surface area (Å²) in [5.41, 5.74) is 4.64. The number of H-pyrrole nitrogens is 1. The lowest BCUT2D eigenvalue weighted by atomic mass is 10.1. The van der Waals surface area contributed by atoms with Gasteiger partial charge in [0.15, 0.2) is 0 Å². The van der Waals surface area contributed by atoms with Crippen LogP contribution in [0.3, 0.4) is 0 Å². The largest absolute Gasteiger partial charge is 0.383 e. The van der Waals surface area contributed by atoms with Crippen molar-refractivity contribution in [1.29, 1.82) is 0 Å². The predicted octanol–water partition coefficient (Wildman–Crippen LogP) is 2.05. The molecule has 128 valence electrons. The van der Waals surface area contributed by atoms with E-state index in [2.05, 4.69) is 53.1 Å². The summed E-state index contributed by atoms with van der Waals surface area (Å²) in [6, 6.07) is 4.22. The molecule has 0 atom stereocenters. The van der Waals surface area contributed by atoms with Gasteiger partial charge in [-0.15, -0.1) is 10.2 Å². The second-order valence-electron chi connectivity index (χ2n) is 6.19. The average molecular weight is 328 g/mol. The van der Waals surface area contributed by atoms with E-state index in [1.165, 1.54) is 11.1 Å². The maximum Gasteiger partial charge on any atom is 0.147 e. The smallest absolute Gasteiger partial charge is 0.147 e. The van der Waals surface area contributed by atoms with E-state index < -0.39 is 0 Å². The first kappa shape index (κ1) is 16.6. The van der Waals surface area contributed by atoms with Crippen molar-refractivity contribution in [2.45, 2.75) is 33.5 Å². The van der Waals surface area contributed by atoms with Crippen LogP contribution in [-0.2, 0) is 24.4 Å². The van der Waals surface area contributed by atoms with Gasteiger partial charge in [0.1, 0.15) is 18.0 Å². The van der Waals surface area contributed by atoms with E-state index in [0.29, 0.717) is 13.2 Å². The Morgan fingerprint density at radius 2 is 2.08 bits per heavy atom. The van der Waals surface area contributed by atoms with Gasteiger partial charge < -0.3 is 14.3 Å². The molecule has 0 bridgehead atoms. The topological polar surface area (TPSA) is 71.9 Å². The number of imidazole rings is 1. The van der Waals surface area contributed by atoms with Gasteiger partial charge in [-0.2, -0.15) is 0 Å². The monoisotopic (exact) mass is 328 g/mol. The third-order valence-electron chi connectivity index (χ3n) is 4.29. The molecule has 3 rings (SSSR count). The molecule has 2 aromatic heterocycles. The Kier molecular flexibility index (Phi) is 4.92. The highest BCUT2D eigenvalue weighted by atomic mass is 16.5. The number of ether oxygens (including phenoxy) is 1. The molecule has 0 aliphatic carbocycles. The minimum Gasteiger partial charge on any atom is -0.383 e. The van der Waals surface area contributed by atoms with Crippen LogP contribution in [-0.4, -0.2) is 50.4 Å². The van der Waals surface area contributed by atoms with Crippen molar-refractivity contribution >= 4 is 11.0 Å². The van der Waals surface area contributed by atoms with Crippen LogP contribution in [0.5, 0.6) is 0 Å². The summed E-state index contributed by atoms with van der Waals surface area (Å²) in [5, 5.41) is 8.20. The molecular weight excluding hydrogens is 304 g/mol. The van der Waals surface area contributed by atoms with E-state index >= 15 is 0 Å². The Morgan fingerprint density at radius 3 is 2.88 bits per heavy atom. The Balaban J connectivity index is 1.70. The Bertz CT molecular complexity index is 822. The van der Waals surface area contributed by atoms with E-state index in [0.717, 1.165) is 35.8 Å². The van der Waals surface area contributed by atoms with E-state index in [-0.39, 0.29) is 0 Å². The Hall–Kier alpha value is -2.25. The maximum absolute atomic E-state index is 5.12. The highest BCUT2D eigenvalue weighted by molar-refractivity contribution is 5.79. The first-order valence-corrected chi connectivity index (χ1v) is 8.07. The van der Waals surface area contributed by atoms with Gasteiger partial charge in [0.25, 0.3) is 0 Å². The van der Waals surface area contributed by atoms with Crippen LogP contribution in [0.15, 0.2) is 18.5 Å². The standard InChI is InChI=1S/C17H24N6O/c1-12-5-6-14-17(13(12)2)20-15(19-14)9-22(3)10-16-21-18-11-23(16)7-8-24-4/h5-6,11H,7-10H2,1-4H3,(H,19,20). The maximum atomic E-state index is 5.12. The van der Waals surface area contributed by atoms with Gasteiger partial charge >= 0.3 is 0 Å². The van der Waals surface area contributed by atoms with E-state index in [1.54, 1.807) is 13.4 Å². The fourth-order valence-corrected chi connectivity index (χ4v) is 2.77. The average Bonchev–Trinajstić information content (AvgIpc) is 3.16. The molecular formula is C17H24N6O. The first-order chi connectivity index (χ1) is 11.6. The molecule has 0 spiro atoms. The third kappa shape index (κ3) is 3.47. The lowest BCUT2D eigenvalue weighted by Crippen LogP contribution is -2.21. The van der Waals surface area contributed by atoms with Crippen molar-refractivity contribution in [2.75, 3.05) is 20.8 Å². The van der Waals surface area contributed by atoms with Crippen LogP contribution in [0.4, 0.5) is 0 Å². The molecule has 7 nitrogen and oxygen atoms in total. The molecule has 0 aliphatic rings. The van der Waals surface area contributed by atoms with Crippen LogP contribution in [0.1, 0.15) is 22.8 Å². The number of fused-ring (bicyclic) bond motifs is 1. The van der Waals surface area contributed by atoms with Gasteiger partial charge in [-0.1, -0.05) is 6.07 Å². The predicted molar refractivity (Wildman–Crippen MR) is 92.6 cm³/mol. The highest BCUT2D eigenvalue weighted by Gasteiger charge is 2.12. The molecule has 3 aromatic rings. The lowest BCUT2D eigenvalue weighted by Gasteiger charge is -2.15. The number of benzene rings is 1. The van der Waals surface area contributed by atoms with Crippen LogP contribution >= 0.6 is 0 Å². The van der Waals surface area contributed by atoms with Crippen LogP contribution in [0.25, 0.3) is 11.0 Å². The van der Waals surface area contributed by atoms with Crippen LogP contribution in [0.2, 0.25) is 0 Å². The molecule has 0 amide bonds. The van der Waals surface area contributed by atoms with Crippen LogP contribution < -0.4 is 0 Å². The Labute approximate surface area is 141 Å². The second-order valence-corrected chi connectivity index (χ2v) is 6.19. The number of nitrogens with zero attached hydrogens (tertiary/aromatic N) is 5. The minimum atomic E-state index is 0.650. The summed E-state index contributed by atoms with van der Waals surface area (Å²) in [5.74, 6) is 1.89. The summed E-state index contributed by atoms with van der Waals surface area (Å²) < 4.78 is 7.14. The van der Waals surface area contributed by atoms with Gasteiger partial charge in [-0.3, -0.25) is 4.90 Å². The van der Waals surface area contributed by atoms with E-state index in [9.17, 15) is 0 Å². The van der Waals surface area contributed by atoms with Crippen molar-refractivity contribution in [3.05, 3.63) is 41.2 Å². The summed E-state index contributed by atoms with van der Waals surface area (Å²) in [4.78, 5) is 10.3. The lowest BCUT2D eigenvalue weighted by molar-refractivity contribution is 0.184. The second kappa shape index (κ2) is 7.11. The zero-order valence-corrected chi connectivity index (χ0v) is 14.7. The number of aromatic nitrogens is 5. The zero-order valence-electron chi connectivity index (χ0n) is 14.7. The number of hydrogen-bond donors (Lipinski definition) is 1. The van der Waals surface area contributed by atoms with Crippen molar-refractivity contribution in [3.8, 4) is 0 Å². The molecule has 0 radical (unpaired) electrons. The fraction of sp³-hybridized carbons (Fsp3) is 0.471. The number of hydrogen-bond acceptors (Lipinski definition) is 5. The molecule has 1 aromatic carbocycles. The number of aryl methyl sites for hydroxylation is 2. The highest BCUT2D eigenvalue weighted by Crippen LogP contribution is 2.19. The number of methoxy groups -OCH3 is 1. The molecule has 0 fully saturated rings. The van der Waals surface area contributed by atoms with Crippen LogP contribution in [0, 0.1) is 13.8 Å². The van der Waals surface area contributed by atoms with Gasteiger partial charge in [0.2, 0.25) is 0 Å². The van der Waals surface area contributed by atoms with Crippen molar-refractivity contribution in [1.82, 2.24) is 29.6 Å². The van der Waals surface area contributed by atoms with Gasteiger partial charge in [0.05, 0.1) is 30.7 Å². The zero-order chi connectivity index (χ0) is 17.1. The quantitative estimate of drug-likeness (QED) is 0.719. The summed E-state index contributed by atoms with van der Waals surface area (Å²) >= 11 is 0. The summed E-state index contributed by atoms with van der Waals surface area (Å²) in [7, 11) is 3.75. The van der Waals surface area contributed by atoms with Crippen molar-refractivity contribution in [3.63, 3.8) is 0 Å². The van der Waals surface area contributed by atoms with Crippen molar-refractivity contribution in [2.24, 2.45) is 0 Å². The minimum absolute atomic E-state index is 0.650. The molecule has 24 heavy (non-hydrogen) atoms. The molecule has 0 unspecified atom stereocenters. The van der Waals surface area contributed by atoms with E-state index in [4.69, 9.17) is 9.72 Å². The molecule has 0 saturated heterocycles. The Morgan fingerprint density at radius 1 is 1.25 bits per heavy atom. The normalized spacial score (nSPS) is 11.7. The fourth-order valence-electron chi connectivity index (χ4n) is 2.77.